The first kappa shape index (κ1) is 14.9. The molecule has 0 aromatic carbocycles. The number of amides is 1. The van der Waals surface area contributed by atoms with Crippen LogP contribution in [0.15, 0.2) is 17.5 Å². The second kappa shape index (κ2) is 5.74. The summed E-state index contributed by atoms with van der Waals surface area (Å²) in [5.74, 6) is -0.0449. The van der Waals surface area contributed by atoms with Crippen molar-refractivity contribution in [2.45, 2.75) is 19.4 Å². The Morgan fingerprint density at radius 2 is 2.43 bits per heavy atom. The van der Waals surface area contributed by atoms with Crippen LogP contribution in [0.1, 0.15) is 31.9 Å². The fourth-order valence-electron chi connectivity index (χ4n) is 2.98. The van der Waals surface area contributed by atoms with E-state index in [4.69, 9.17) is 4.74 Å². The second-order valence-corrected chi connectivity index (χ2v) is 7.69. The Morgan fingerprint density at radius 3 is 3.26 bits per heavy atom. The summed E-state index contributed by atoms with van der Waals surface area (Å²) in [6.45, 7) is 3.19. The number of aryl methyl sites for hydroxylation is 2. The molecule has 0 aliphatic carbocycles. The minimum Gasteiger partial charge on any atom is -0.371 e. The molecule has 1 aliphatic rings. The minimum absolute atomic E-state index is 0.0354. The molecule has 0 spiro atoms. The molecule has 0 saturated carbocycles. The van der Waals surface area contributed by atoms with Crippen molar-refractivity contribution in [2.75, 3.05) is 13.2 Å². The van der Waals surface area contributed by atoms with E-state index in [-0.39, 0.29) is 12.0 Å². The van der Waals surface area contributed by atoms with Crippen molar-refractivity contribution >= 4 is 38.8 Å². The molecule has 5 nitrogen and oxygen atoms in total. The van der Waals surface area contributed by atoms with Crippen LogP contribution in [0.25, 0.3) is 10.2 Å². The molecule has 0 saturated heterocycles. The van der Waals surface area contributed by atoms with E-state index in [2.05, 4.69) is 21.9 Å². The van der Waals surface area contributed by atoms with Crippen LogP contribution < -0.4 is 5.32 Å². The Kier molecular flexibility index (Phi) is 3.71. The number of rotatable bonds is 3. The topological polar surface area (TPSA) is 56.2 Å². The molecule has 23 heavy (non-hydrogen) atoms. The number of nitrogens with one attached hydrogen (secondary N) is 1. The van der Waals surface area contributed by atoms with E-state index in [9.17, 15) is 4.79 Å². The summed E-state index contributed by atoms with van der Waals surface area (Å²) in [6, 6.07) is 4.03. The molecule has 7 heteroatoms. The number of fused-ring (bicyclic) bond motifs is 2. The maximum atomic E-state index is 12.4. The third-order valence-corrected chi connectivity index (χ3v) is 6.34. The third-order valence-electron chi connectivity index (χ3n) is 4.14. The maximum Gasteiger partial charge on any atom is 0.261 e. The quantitative estimate of drug-likeness (QED) is 0.792. The van der Waals surface area contributed by atoms with Gasteiger partial charge >= 0.3 is 0 Å². The number of carbonyl (C=O) groups excluding carboxylic acids is 1. The van der Waals surface area contributed by atoms with Gasteiger partial charge in [-0.15, -0.1) is 22.7 Å². The molecule has 4 rings (SSSR count). The molecule has 1 aliphatic heterocycles. The Labute approximate surface area is 141 Å². The highest BCUT2D eigenvalue weighted by Gasteiger charge is 2.23. The summed E-state index contributed by atoms with van der Waals surface area (Å²) in [4.78, 5) is 15.6. The Balaban J connectivity index is 1.49. The Hall–Kier alpha value is -1.70. The highest BCUT2D eigenvalue weighted by Crippen LogP contribution is 2.31. The molecule has 120 valence electrons. The minimum atomic E-state index is -0.0449. The van der Waals surface area contributed by atoms with Gasteiger partial charge in [-0.25, -0.2) is 0 Å². The predicted octanol–water partition coefficient (Wildman–Crippen LogP) is 3.05. The highest BCUT2D eigenvalue weighted by molar-refractivity contribution is 7.20. The predicted molar refractivity (Wildman–Crippen MR) is 92.4 cm³/mol. The number of thiophene rings is 2. The molecular formula is C16H17N3O2S2. The number of hydrogen-bond acceptors (Lipinski definition) is 5. The van der Waals surface area contributed by atoms with Gasteiger partial charge in [0.1, 0.15) is 10.9 Å². The smallest absolute Gasteiger partial charge is 0.261 e. The van der Waals surface area contributed by atoms with Gasteiger partial charge in [0.25, 0.3) is 5.91 Å². The molecular weight excluding hydrogens is 330 g/mol. The van der Waals surface area contributed by atoms with E-state index in [1.165, 1.54) is 21.8 Å². The average molecular weight is 347 g/mol. The van der Waals surface area contributed by atoms with Crippen LogP contribution in [0.2, 0.25) is 0 Å². The van der Waals surface area contributed by atoms with Gasteiger partial charge in [-0.1, -0.05) is 0 Å². The van der Waals surface area contributed by atoms with Crippen LogP contribution in [0, 0.1) is 6.92 Å². The number of hydrogen-bond donors (Lipinski definition) is 1. The normalized spacial score (nSPS) is 17.4. The van der Waals surface area contributed by atoms with Crippen molar-refractivity contribution in [1.29, 1.82) is 0 Å². The summed E-state index contributed by atoms with van der Waals surface area (Å²) < 4.78 is 7.64. The van der Waals surface area contributed by atoms with E-state index in [1.54, 1.807) is 11.3 Å². The third kappa shape index (κ3) is 2.58. The van der Waals surface area contributed by atoms with Crippen molar-refractivity contribution in [3.8, 4) is 0 Å². The van der Waals surface area contributed by atoms with Gasteiger partial charge in [-0.2, -0.15) is 5.10 Å². The van der Waals surface area contributed by atoms with Crippen LogP contribution in [0.5, 0.6) is 0 Å². The Bertz CT molecular complexity index is 843. The molecule has 0 radical (unpaired) electrons. The van der Waals surface area contributed by atoms with E-state index in [0.717, 1.165) is 33.8 Å². The summed E-state index contributed by atoms with van der Waals surface area (Å²) in [6.07, 6.45) is 0.937. The zero-order valence-electron chi connectivity index (χ0n) is 13.0. The van der Waals surface area contributed by atoms with E-state index in [1.807, 2.05) is 24.7 Å². The van der Waals surface area contributed by atoms with Gasteiger partial charge in [0.05, 0.1) is 17.2 Å². The molecule has 1 atom stereocenters. The monoisotopic (exact) mass is 347 g/mol. The highest BCUT2D eigenvalue weighted by atomic mass is 32.1. The largest absolute Gasteiger partial charge is 0.371 e. The van der Waals surface area contributed by atoms with Gasteiger partial charge in [0.15, 0.2) is 0 Å². The fraction of sp³-hybridized carbons (Fsp3) is 0.375. The summed E-state index contributed by atoms with van der Waals surface area (Å²) in [5.41, 5.74) is 2.18. The van der Waals surface area contributed by atoms with Crippen LogP contribution in [0.4, 0.5) is 0 Å². The molecule has 1 unspecified atom stereocenters. The van der Waals surface area contributed by atoms with Gasteiger partial charge in [-0.3, -0.25) is 9.48 Å². The second-order valence-electron chi connectivity index (χ2n) is 5.66. The summed E-state index contributed by atoms with van der Waals surface area (Å²) >= 11 is 3.24. The van der Waals surface area contributed by atoms with E-state index >= 15 is 0 Å². The zero-order chi connectivity index (χ0) is 16.0. The van der Waals surface area contributed by atoms with Crippen LogP contribution >= 0.6 is 22.7 Å². The number of aromatic nitrogens is 2. The van der Waals surface area contributed by atoms with Crippen LogP contribution in [-0.4, -0.2) is 28.8 Å². The first-order valence-electron chi connectivity index (χ1n) is 7.52. The van der Waals surface area contributed by atoms with Crippen molar-refractivity contribution in [3.05, 3.63) is 38.5 Å². The molecule has 1 N–H and O–H groups in total. The van der Waals surface area contributed by atoms with Crippen molar-refractivity contribution < 1.29 is 9.53 Å². The lowest BCUT2D eigenvalue weighted by Gasteiger charge is -2.23. The molecule has 3 aromatic rings. The lowest BCUT2D eigenvalue weighted by Crippen LogP contribution is -2.30. The van der Waals surface area contributed by atoms with E-state index in [0.29, 0.717) is 6.54 Å². The molecule has 0 bridgehead atoms. The SMILES string of the molecule is Cc1nn(C)c2sc(C(=O)NCC3OCCc4sccc43)cc12. The summed E-state index contributed by atoms with van der Waals surface area (Å²) in [5, 5.41) is 10.5. The summed E-state index contributed by atoms with van der Waals surface area (Å²) in [7, 11) is 1.90. The molecule has 1 amide bonds. The van der Waals surface area contributed by atoms with Crippen LogP contribution in [0.3, 0.4) is 0 Å². The van der Waals surface area contributed by atoms with Gasteiger partial charge in [-0.05, 0) is 30.0 Å². The van der Waals surface area contributed by atoms with Gasteiger partial charge in [0.2, 0.25) is 0 Å². The lowest BCUT2D eigenvalue weighted by atomic mass is 10.1. The number of nitrogens with zero attached hydrogens (tertiary/aromatic N) is 2. The lowest BCUT2D eigenvalue weighted by molar-refractivity contribution is 0.0424. The number of carbonyl (C=O) groups is 1. The zero-order valence-corrected chi connectivity index (χ0v) is 14.6. The molecule has 4 heterocycles. The van der Waals surface area contributed by atoms with Crippen molar-refractivity contribution in [3.63, 3.8) is 0 Å². The first-order chi connectivity index (χ1) is 11.1. The number of ether oxygens (including phenoxy) is 1. The maximum absolute atomic E-state index is 12.4. The van der Waals surface area contributed by atoms with Crippen molar-refractivity contribution in [2.24, 2.45) is 7.05 Å². The Morgan fingerprint density at radius 1 is 1.57 bits per heavy atom. The van der Waals surface area contributed by atoms with E-state index < -0.39 is 0 Å². The van der Waals surface area contributed by atoms with Gasteiger partial charge < -0.3 is 10.1 Å². The fourth-order valence-corrected chi connectivity index (χ4v) is 4.94. The van der Waals surface area contributed by atoms with Gasteiger partial charge in [0, 0.05) is 30.3 Å². The van der Waals surface area contributed by atoms with Crippen LogP contribution in [-0.2, 0) is 18.2 Å². The first-order valence-corrected chi connectivity index (χ1v) is 9.22. The molecule has 0 fully saturated rings. The standard InChI is InChI=1S/C16H17N3O2S2/c1-9-11-7-14(23-16(11)19(2)18-9)15(20)17-8-12-10-4-6-22-13(10)3-5-21-12/h4,6-7,12H,3,5,8H2,1-2H3,(H,17,20). The van der Waals surface area contributed by atoms with Crippen molar-refractivity contribution in [1.82, 2.24) is 15.1 Å². The molecule has 3 aromatic heterocycles. The average Bonchev–Trinajstić information content (AvgIpc) is 3.23.